The molecule has 0 spiro atoms. The lowest BCUT2D eigenvalue weighted by Gasteiger charge is -2.13. The van der Waals surface area contributed by atoms with E-state index in [1.54, 1.807) is 0 Å². The summed E-state index contributed by atoms with van der Waals surface area (Å²) in [5.41, 5.74) is 11.7. The van der Waals surface area contributed by atoms with E-state index in [1.165, 1.54) is 5.56 Å². The van der Waals surface area contributed by atoms with E-state index in [-0.39, 0.29) is 0 Å². The number of ether oxygens (including phenoxy) is 1. The maximum Gasteiger partial charge on any atom is 0.251 e. The van der Waals surface area contributed by atoms with Gasteiger partial charge in [0.2, 0.25) is 0 Å². The molecule has 1 aromatic heterocycles. The molecule has 0 bridgehead atoms. The van der Waals surface area contributed by atoms with Gasteiger partial charge >= 0.3 is 0 Å². The second-order valence-electron chi connectivity index (χ2n) is 8.23. The molecular weight excluding hydrogens is 408 g/mol. The number of nitrogens with two attached hydrogens (primary N) is 1. The van der Waals surface area contributed by atoms with Crippen molar-refractivity contribution in [2.75, 3.05) is 0 Å². The summed E-state index contributed by atoms with van der Waals surface area (Å²) in [5.74, 6) is 1.11. The van der Waals surface area contributed by atoms with Crippen LogP contribution in [0.25, 0.3) is 11.1 Å². The Balaban J connectivity index is 1.77. The smallest absolute Gasteiger partial charge is 0.251 e. The van der Waals surface area contributed by atoms with Crippen molar-refractivity contribution in [1.82, 2.24) is 4.57 Å². The van der Waals surface area contributed by atoms with Crippen molar-refractivity contribution in [3.05, 3.63) is 107 Å². The summed E-state index contributed by atoms with van der Waals surface area (Å²) in [6.07, 6.45) is 2.73. The Morgan fingerprint density at radius 1 is 0.879 bits per heavy atom. The number of carbonyl (C=O) groups excluding carboxylic acids is 1. The molecule has 4 rings (SSSR count). The first kappa shape index (κ1) is 22.4. The van der Waals surface area contributed by atoms with Crippen molar-refractivity contribution in [1.29, 1.82) is 0 Å². The van der Waals surface area contributed by atoms with Crippen molar-refractivity contribution < 1.29 is 9.53 Å². The fourth-order valence-corrected chi connectivity index (χ4v) is 4.43. The average molecular weight is 439 g/mol. The zero-order valence-electron chi connectivity index (χ0n) is 19.3. The summed E-state index contributed by atoms with van der Waals surface area (Å²) in [4.78, 5) is 12.6. The third-order valence-corrected chi connectivity index (χ3v) is 5.93. The molecule has 4 heteroatoms. The standard InChI is InChI=1S/C29H30N2O2/c1-3-11-26-28(23-14-10-17-25(20-23)33-24-15-8-5-9-16-24)27(29(30)32)21(2)31(26)19-18-22-12-6-4-7-13-22/h4-10,12-17,20H,3,11,18-19H2,1-2H3,(H2,30,32). The highest BCUT2D eigenvalue weighted by molar-refractivity contribution is 6.02. The maximum absolute atomic E-state index is 12.6. The highest BCUT2D eigenvalue weighted by Gasteiger charge is 2.24. The number of carbonyl (C=O) groups is 1. The van der Waals surface area contributed by atoms with Crippen LogP contribution in [0.1, 0.15) is 40.7 Å². The Morgan fingerprint density at radius 2 is 1.55 bits per heavy atom. The number of benzene rings is 3. The lowest BCUT2D eigenvalue weighted by atomic mass is 9.98. The van der Waals surface area contributed by atoms with E-state index < -0.39 is 5.91 Å². The molecule has 4 nitrogen and oxygen atoms in total. The largest absolute Gasteiger partial charge is 0.457 e. The van der Waals surface area contributed by atoms with Gasteiger partial charge in [-0.05, 0) is 55.2 Å². The van der Waals surface area contributed by atoms with Gasteiger partial charge in [0.25, 0.3) is 5.91 Å². The summed E-state index contributed by atoms with van der Waals surface area (Å²) in [6.45, 7) is 4.95. The predicted octanol–water partition coefficient (Wildman–Crippen LogP) is 6.55. The molecule has 4 aromatic rings. The van der Waals surface area contributed by atoms with Crippen LogP contribution >= 0.6 is 0 Å². The molecule has 2 N–H and O–H groups in total. The number of rotatable bonds is 9. The van der Waals surface area contributed by atoms with Gasteiger partial charge in [-0.3, -0.25) is 4.79 Å². The Bertz CT molecular complexity index is 1230. The van der Waals surface area contributed by atoms with E-state index in [0.717, 1.165) is 59.8 Å². The summed E-state index contributed by atoms with van der Waals surface area (Å²) < 4.78 is 8.33. The van der Waals surface area contributed by atoms with Crippen LogP contribution in [0, 0.1) is 6.92 Å². The van der Waals surface area contributed by atoms with Crippen LogP contribution in [0.15, 0.2) is 84.9 Å². The van der Waals surface area contributed by atoms with E-state index >= 15 is 0 Å². The average Bonchev–Trinajstić information content (AvgIpc) is 3.11. The molecule has 168 valence electrons. The number of aryl methyl sites for hydroxylation is 1. The minimum absolute atomic E-state index is 0.396. The molecule has 0 aliphatic carbocycles. The Morgan fingerprint density at radius 3 is 2.21 bits per heavy atom. The predicted molar refractivity (Wildman–Crippen MR) is 134 cm³/mol. The quantitative estimate of drug-likeness (QED) is 0.322. The molecule has 1 amide bonds. The molecule has 0 aliphatic rings. The number of para-hydroxylation sites is 1. The number of aromatic nitrogens is 1. The summed E-state index contributed by atoms with van der Waals surface area (Å²) in [6, 6.07) is 28.0. The van der Waals surface area contributed by atoms with Crippen LogP contribution < -0.4 is 10.5 Å². The second kappa shape index (κ2) is 10.2. The fraction of sp³-hybridized carbons (Fsp3) is 0.207. The topological polar surface area (TPSA) is 57.2 Å². The van der Waals surface area contributed by atoms with E-state index in [0.29, 0.717) is 5.56 Å². The van der Waals surface area contributed by atoms with Gasteiger partial charge in [-0.2, -0.15) is 0 Å². The van der Waals surface area contributed by atoms with Crippen molar-refractivity contribution in [3.63, 3.8) is 0 Å². The molecule has 0 fully saturated rings. The molecule has 0 saturated heterocycles. The number of hydrogen-bond acceptors (Lipinski definition) is 2. The first-order valence-electron chi connectivity index (χ1n) is 11.5. The molecule has 0 atom stereocenters. The maximum atomic E-state index is 12.6. The third-order valence-electron chi connectivity index (χ3n) is 5.93. The molecule has 3 aromatic carbocycles. The zero-order chi connectivity index (χ0) is 23.2. The van der Waals surface area contributed by atoms with Crippen molar-refractivity contribution in [2.24, 2.45) is 5.73 Å². The summed E-state index contributed by atoms with van der Waals surface area (Å²) in [7, 11) is 0. The van der Waals surface area contributed by atoms with Crippen LogP contribution in [-0.2, 0) is 19.4 Å². The first-order chi connectivity index (χ1) is 16.1. The minimum atomic E-state index is -0.396. The van der Waals surface area contributed by atoms with Gasteiger partial charge in [0.05, 0.1) is 5.56 Å². The van der Waals surface area contributed by atoms with Crippen molar-refractivity contribution in [2.45, 2.75) is 39.7 Å². The van der Waals surface area contributed by atoms with Gasteiger partial charge in [-0.25, -0.2) is 0 Å². The normalized spacial score (nSPS) is 10.8. The van der Waals surface area contributed by atoms with Gasteiger partial charge in [0.15, 0.2) is 0 Å². The Labute approximate surface area is 195 Å². The number of hydrogen-bond donors (Lipinski definition) is 1. The Hall–Kier alpha value is -3.79. The molecule has 0 saturated carbocycles. The van der Waals surface area contributed by atoms with Crippen molar-refractivity contribution >= 4 is 5.91 Å². The second-order valence-corrected chi connectivity index (χ2v) is 8.23. The lowest BCUT2D eigenvalue weighted by Crippen LogP contribution is -2.14. The zero-order valence-corrected chi connectivity index (χ0v) is 19.3. The minimum Gasteiger partial charge on any atom is -0.457 e. The molecular formula is C29H30N2O2. The highest BCUT2D eigenvalue weighted by Crippen LogP contribution is 2.36. The van der Waals surface area contributed by atoms with Crippen LogP contribution in [0.4, 0.5) is 0 Å². The van der Waals surface area contributed by atoms with Crippen molar-refractivity contribution in [3.8, 4) is 22.6 Å². The van der Waals surface area contributed by atoms with E-state index in [1.807, 2.05) is 67.6 Å². The van der Waals surface area contributed by atoms with Gasteiger partial charge < -0.3 is 15.0 Å². The van der Waals surface area contributed by atoms with E-state index in [9.17, 15) is 4.79 Å². The summed E-state index contributed by atoms with van der Waals surface area (Å²) in [5, 5.41) is 0. The number of nitrogens with zero attached hydrogens (tertiary/aromatic N) is 1. The number of amides is 1. The highest BCUT2D eigenvalue weighted by atomic mass is 16.5. The first-order valence-corrected chi connectivity index (χ1v) is 11.5. The summed E-state index contributed by atoms with van der Waals surface area (Å²) >= 11 is 0. The van der Waals surface area contributed by atoms with Gasteiger partial charge in [-0.1, -0.05) is 74.0 Å². The Kier molecular flexibility index (Phi) is 6.94. The van der Waals surface area contributed by atoms with Gasteiger partial charge in [-0.15, -0.1) is 0 Å². The van der Waals surface area contributed by atoms with Gasteiger partial charge in [0.1, 0.15) is 11.5 Å². The fourth-order valence-electron chi connectivity index (χ4n) is 4.43. The molecule has 0 unspecified atom stereocenters. The van der Waals surface area contributed by atoms with Crippen LogP contribution in [0.5, 0.6) is 11.5 Å². The molecule has 0 aliphatic heterocycles. The number of primary amides is 1. The van der Waals surface area contributed by atoms with Crippen LogP contribution in [-0.4, -0.2) is 10.5 Å². The molecule has 33 heavy (non-hydrogen) atoms. The SMILES string of the molecule is CCCc1c(-c2cccc(Oc3ccccc3)c2)c(C(N)=O)c(C)n1CCc1ccccc1. The van der Waals surface area contributed by atoms with Crippen LogP contribution in [0.3, 0.4) is 0 Å². The van der Waals surface area contributed by atoms with E-state index in [4.69, 9.17) is 10.5 Å². The van der Waals surface area contributed by atoms with E-state index in [2.05, 4.69) is 35.8 Å². The lowest BCUT2D eigenvalue weighted by molar-refractivity contribution is 0.1000. The molecule has 1 heterocycles. The monoisotopic (exact) mass is 438 g/mol. The molecule has 0 radical (unpaired) electrons. The third kappa shape index (κ3) is 5.01. The van der Waals surface area contributed by atoms with Crippen LogP contribution in [0.2, 0.25) is 0 Å². The van der Waals surface area contributed by atoms with Gasteiger partial charge in [0, 0.05) is 23.5 Å².